The predicted molar refractivity (Wildman–Crippen MR) is 113 cm³/mol. The zero-order valence-corrected chi connectivity index (χ0v) is 16.7. The standard InChI is InChI=1S/C22H26ClN3O2/c23-20-11-4-3-8-18(20)15-25-21(27)16-24-19-10-7-9-17(14-19)22(28)26-12-5-1-2-6-13-26/h3-4,7-11,14,24H,1-2,5-6,12-13,15-16H2,(H,25,27). The van der Waals surface area contributed by atoms with Crippen LogP contribution in [0.1, 0.15) is 41.6 Å². The fraction of sp³-hybridized carbons (Fsp3) is 0.364. The smallest absolute Gasteiger partial charge is 0.253 e. The maximum absolute atomic E-state index is 12.7. The van der Waals surface area contributed by atoms with Gasteiger partial charge in [-0.15, -0.1) is 0 Å². The lowest BCUT2D eigenvalue weighted by atomic mass is 10.1. The number of nitrogens with zero attached hydrogens (tertiary/aromatic N) is 1. The lowest BCUT2D eigenvalue weighted by Gasteiger charge is -2.20. The molecule has 148 valence electrons. The third-order valence-electron chi connectivity index (χ3n) is 4.89. The molecule has 0 aliphatic carbocycles. The molecule has 28 heavy (non-hydrogen) atoms. The number of rotatable bonds is 6. The van der Waals surface area contributed by atoms with E-state index in [2.05, 4.69) is 10.6 Å². The molecule has 1 heterocycles. The number of benzene rings is 2. The van der Waals surface area contributed by atoms with Crippen molar-refractivity contribution in [2.24, 2.45) is 0 Å². The minimum atomic E-state index is -0.135. The third kappa shape index (κ3) is 5.73. The van der Waals surface area contributed by atoms with Gasteiger partial charge in [-0.05, 0) is 42.7 Å². The van der Waals surface area contributed by atoms with Crippen molar-refractivity contribution >= 4 is 29.1 Å². The van der Waals surface area contributed by atoms with E-state index < -0.39 is 0 Å². The number of likely N-dealkylation sites (tertiary alicyclic amines) is 1. The van der Waals surface area contributed by atoms with E-state index in [0.29, 0.717) is 17.1 Å². The third-order valence-corrected chi connectivity index (χ3v) is 5.26. The van der Waals surface area contributed by atoms with Gasteiger partial charge in [-0.1, -0.05) is 48.7 Å². The van der Waals surface area contributed by atoms with Crippen LogP contribution in [0.25, 0.3) is 0 Å². The van der Waals surface area contributed by atoms with Gasteiger partial charge >= 0.3 is 0 Å². The molecule has 0 aromatic heterocycles. The zero-order chi connectivity index (χ0) is 19.8. The minimum Gasteiger partial charge on any atom is -0.376 e. The minimum absolute atomic E-state index is 0.0636. The van der Waals surface area contributed by atoms with Gasteiger partial charge in [-0.2, -0.15) is 0 Å². The first-order chi connectivity index (χ1) is 13.6. The predicted octanol–water partition coefficient (Wildman–Crippen LogP) is 4.08. The summed E-state index contributed by atoms with van der Waals surface area (Å²) < 4.78 is 0. The van der Waals surface area contributed by atoms with Crippen LogP contribution in [0.2, 0.25) is 5.02 Å². The van der Waals surface area contributed by atoms with E-state index >= 15 is 0 Å². The summed E-state index contributed by atoms with van der Waals surface area (Å²) in [5, 5.41) is 6.57. The highest BCUT2D eigenvalue weighted by atomic mass is 35.5. The van der Waals surface area contributed by atoms with E-state index in [1.807, 2.05) is 47.4 Å². The van der Waals surface area contributed by atoms with Gasteiger partial charge in [0, 0.05) is 35.9 Å². The maximum atomic E-state index is 12.7. The van der Waals surface area contributed by atoms with Gasteiger partial charge in [0.1, 0.15) is 0 Å². The molecule has 6 heteroatoms. The maximum Gasteiger partial charge on any atom is 0.253 e. The van der Waals surface area contributed by atoms with E-state index in [9.17, 15) is 9.59 Å². The molecule has 2 N–H and O–H groups in total. The molecule has 0 unspecified atom stereocenters. The van der Waals surface area contributed by atoms with Crippen molar-refractivity contribution < 1.29 is 9.59 Å². The molecule has 3 rings (SSSR count). The van der Waals surface area contributed by atoms with Crippen LogP contribution in [0.15, 0.2) is 48.5 Å². The number of halogens is 1. The highest BCUT2D eigenvalue weighted by molar-refractivity contribution is 6.31. The summed E-state index contributed by atoms with van der Waals surface area (Å²) in [5.74, 6) is -0.0714. The number of amides is 2. The molecule has 1 aliphatic rings. The van der Waals surface area contributed by atoms with Crippen LogP contribution in [-0.2, 0) is 11.3 Å². The van der Waals surface area contributed by atoms with Crippen molar-refractivity contribution in [2.45, 2.75) is 32.2 Å². The summed E-state index contributed by atoms with van der Waals surface area (Å²) in [6, 6.07) is 14.8. The number of carbonyl (C=O) groups is 2. The largest absolute Gasteiger partial charge is 0.376 e. The Morgan fingerprint density at radius 3 is 2.46 bits per heavy atom. The monoisotopic (exact) mass is 399 g/mol. The molecule has 0 radical (unpaired) electrons. The summed E-state index contributed by atoms with van der Waals surface area (Å²) in [5.41, 5.74) is 2.29. The van der Waals surface area contributed by atoms with Crippen LogP contribution in [0.3, 0.4) is 0 Å². The van der Waals surface area contributed by atoms with Crippen molar-refractivity contribution in [1.82, 2.24) is 10.2 Å². The molecule has 1 fully saturated rings. The summed E-state index contributed by atoms with van der Waals surface area (Å²) in [6.45, 7) is 2.15. The molecule has 2 aromatic carbocycles. The zero-order valence-electron chi connectivity index (χ0n) is 15.9. The molecule has 5 nitrogen and oxygen atoms in total. The van der Waals surface area contributed by atoms with E-state index in [0.717, 1.165) is 37.2 Å². The fourth-order valence-corrected chi connectivity index (χ4v) is 3.50. The highest BCUT2D eigenvalue weighted by Gasteiger charge is 2.17. The van der Waals surface area contributed by atoms with Crippen molar-refractivity contribution in [1.29, 1.82) is 0 Å². The Bertz CT molecular complexity index is 817. The van der Waals surface area contributed by atoms with Gasteiger partial charge in [0.25, 0.3) is 5.91 Å². The second-order valence-corrected chi connectivity index (χ2v) is 7.42. The van der Waals surface area contributed by atoms with Crippen LogP contribution in [0, 0.1) is 0 Å². The lowest BCUT2D eigenvalue weighted by Crippen LogP contribution is -2.32. The SMILES string of the molecule is O=C(CNc1cccc(C(=O)N2CCCCCC2)c1)NCc1ccccc1Cl. The van der Waals surface area contributed by atoms with Crippen molar-refractivity contribution in [3.63, 3.8) is 0 Å². The molecule has 0 atom stereocenters. The Morgan fingerprint density at radius 2 is 1.71 bits per heavy atom. The molecule has 0 saturated carbocycles. The normalized spacial score (nSPS) is 14.2. The number of carbonyl (C=O) groups excluding carboxylic acids is 2. The molecule has 2 amide bonds. The molecule has 0 bridgehead atoms. The topological polar surface area (TPSA) is 61.4 Å². The van der Waals surface area contributed by atoms with E-state index in [1.54, 1.807) is 6.07 Å². The van der Waals surface area contributed by atoms with Crippen molar-refractivity contribution in [3.8, 4) is 0 Å². The molecular weight excluding hydrogens is 374 g/mol. The van der Waals surface area contributed by atoms with Crippen molar-refractivity contribution in [3.05, 3.63) is 64.7 Å². The summed E-state index contributed by atoms with van der Waals surface area (Å²) in [4.78, 5) is 26.8. The van der Waals surface area contributed by atoms with Crippen LogP contribution in [-0.4, -0.2) is 36.3 Å². The quantitative estimate of drug-likeness (QED) is 0.769. The van der Waals surface area contributed by atoms with E-state index in [-0.39, 0.29) is 18.4 Å². The first kappa shape index (κ1) is 20.2. The highest BCUT2D eigenvalue weighted by Crippen LogP contribution is 2.17. The van der Waals surface area contributed by atoms with Crippen molar-refractivity contribution in [2.75, 3.05) is 25.0 Å². The van der Waals surface area contributed by atoms with E-state index in [1.165, 1.54) is 12.8 Å². The van der Waals surface area contributed by atoms with E-state index in [4.69, 9.17) is 11.6 Å². The van der Waals surface area contributed by atoms with Gasteiger partial charge in [0.15, 0.2) is 0 Å². The van der Waals surface area contributed by atoms with Gasteiger partial charge in [-0.3, -0.25) is 9.59 Å². The van der Waals surface area contributed by atoms with Crippen LogP contribution < -0.4 is 10.6 Å². The Labute approximate surface area is 171 Å². The Kier molecular flexibility index (Phi) is 7.31. The number of nitrogens with one attached hydrogen (secondary N) is 2. The average molecular weight is 400 g/mol. The average Bonchev–Trinajstić information content (AvgIpc) is 3.01. The molecule has 1 aliphatic heterocycles. The molecule has 2 aromatic rings. The summed E-state index contributed by atoms with van der Waals surface area (Å²) in [6.07, 6.45) is 4.51. The molecule has 1 saturated heterocycles. The number of anilines is 1. The molecule has 0 spiro atoms. The summed E-state index contributed by atoms with van der Waals surface area (Å²) >= 11 is 6.10. The lowest BCUT2D eigenvalue weighted by molar-refractivity contribution is -0.119. The Morgan fingerprint density at radius 1 is 0.964 bits per heavy atom. The first-order valence-electron chi connectivity index (χ1n) is 9.77. The Hall–Kier alpha value is -2.53. The summed E-state index contributed by atoms with van der Waals surface area (Å²) in [7, 11) is 0. The number of hydrogen-bond donors (Lipinski definition) is 2. The Balaban J connectivity index is 1.52. The van der Waals surface area contributed by atoms with Gasteiger partial charge in [0.2, 0.25) is 5.91 Å². The van der Waals surface area contributed by atoms with Crippen LogP contribution >= 0.6 is 11.6 Å². The van der Waals surface area contributed by atoms with Crippen LogP contribution in [0.5, 0.6) is 0 Å². The molecular formula is C22H26ClN3O2. The number of hydrogen-bond acceptors (Lipinski definition) is 3. The first-order valence-corrected chi connectivity index (χ1v) is 10.1. The van der Waals surface area contributed by atoms with Gasteiger partial charge in [0.05, 0.1) is 6.54 Å². The fourth-order valence-electron chi connectivity index (χ4n) is 3.30. The van der Waals surface area contributed by atoms with Gasteiger partial charge < -0.3 is 15.5 Å². The van der Waals surface area contributed by atoms with Gasteiger partial charge in [-0.25, -0.2) is 0 Å². The second kappa shape index (κ2) is 10.1. The second-order valence-electron chi connectivity index (χ2n) is 7.01. The van der Waals surface area contributed by atoms with Crippen LogP contribution in [0.4, 0.5) is 5.69 Å².